The minimum atomic E-state index is -0.200. The number of ether oxygens (including phenoxy) is 1. The summed E-state index contributed by atoms with van der Waals surface area (Å²) >= 11 is 0. The number of nitrogens with zero attached hydrogens (tertiary/aromatic N) is 2. The number of H-pyrrole nitrogens is 1. The number of methoxy groups -OCH3 is 1. The third-order valence-electron chi connectivity index (χ3n) is 4.90. The van der Waals surface area contributed by atoms with Crippen LogP contribution in [0.25, 0.3) is 0 Å². The van der Waals surface area contributed by atoms with Gasteiger partial charge in [-0.15, -0.1) is 0 Å². The van der Waals surface area contributed by atoms with E-state index in [2.05, 4.69) is 26.6 Å². The Balaban J connectivity index is 1.78. The van der Waals surface area contributed by atoms with Crippen LogP contribution in [0.1, 0.15) is 43.0 Å². The second kappa shape index (κ2) is 8.81. The Kier molecular flexibility index (Phi) is 6.24. The summed E-state index contributed by atoms with van der Waals surface area (Å²) in [7, 11) is 1.71. The van der Waals surface area contributed by atoms with Crippen molar-refractivity contribution in [1.82, 2.24) is 9.97 Å². The number of piperidine rings is 1. The highest BCUT2D eigenvalue weighted by Crippen LogP contribution is 2.20. The van der Waals surface area contributed by atoms with E-state index in [1.807, 2.05) is 19.1 Å². The van der Waals surface area contributed by atoms with E-state index in [0.29, 0.717) is 11.6 Å². The SMILES string of the molecule is COc1ccc(/C(C)=N\Nc2nc(C)cc(=O)[nH]2)cc1C[NH+]1CCCCC1. The summed E-state index contributed by atoms with van der Waals surface area (Å²) in [6.07, 6.45) is 3.93. The van der Waals surface area contributed by atoms with Gasteiger partial charge in [-0.05, 0) is 56.9 Å². The van der Waals surface area contributed by atoms with Crippen LogP contribution in [0.2, 0.25) is 0 Å². The molecule has 144 valence electrons. The minimum absolute atomic E-state index is 0.200. The molecule has 2 aromatic rings. The summed E-state index contributed by atoms with van der Waals surface area (Å²) in [5.41, 5.74) is 6.32. The van der Waals surface area contributed by atoms with Crippen LogP contribution in [0, 0.1) is 6.92 Å². The van der Waals surface area contributed by atoms with Gasteiger partial charge < -0.3 is 9.64 Å². The van der Waals surface area contributed by atoms with Gasteiger partial charge in [0.1, 0.15) is 12.3 Å². The zero-order chi connectivity index (χ0) is 19.2. The number of hydrogen-bond donors (Lipinski definition) is 3. The van der Waals surface area contributed by atoms with Gasteiger partial charge in [-0.1, -0.05) is 0 Å². The summed E-state index contributed by atoms with van der Waals surface area (Å²) in [5.74, 6) is 1.26. The monoisotopic (exact) mass is 370 g/mol. The van der Waals surface area contributed by atoms with E-state index < -0.39 is 0 Å². The van der Waals surface area contributed by atoms with E-state index in [1.165, 1.54) is 44.0 Å². The van der Waals surface area contributed by atoms with Crippen molar-refractivity contribution in [2.45, 2.75) is 39.7 Å². The Bertz CT molecular complexity index is 869. The Hall–Kier alpha value is -2.67. The quantitative estimate of drug-likeness (QED) is 0.531. The first-order valence-electron chi connectivity index (χ1n) is 9.44. The Morgan fingerprint density at radius 3 is 2.78 bits per heavy atom. The summed E-state index contributed by atoms with van der Waals surface area (Å²) in [6, 6.07) is 7.59. The van der Waals surface area contributed by atoms with Gasteiger partial charge in [-0.2, -0.15) is 5.10 Å². The minimum Gasteiger partial charge on any atom is -0.496 e. The first kappa shape index (κ1) is 19.1. The number of nitrogens with one attached hydrogen (secondary N) is 3. The molecular formula is C20H28N5O2+. The van der Waals surface area contributed by atoms with Crippen molar-refractivity contribution in [1.29, 1.82) is 0 Å². The van der Waals surface area contributed by atoms with Gasteiger partial charge in [0.05, 0.1) is 25.9 Å². The van der Waals surface area contributed by atoms with E-state index in [-0.39, 0.29) is 5.56 Å². The Morgan fingerprint density at radius 2 is 2.07 bits per heavy atom. The average molecular weight is 370 g/mol. The number of anilines is 1. The maximum Gasteiger partial charge on any atom is 0.252 e. The molecule has 1 aromatic heterocycles. The summed E-state index contributed by atoms with van der Waals surface area (Å²) in [4.78, 5) is 20.0. The van der Waals surface area contributed by atoms with Crippen LogP contribution in [0.15, 0.2) is 34.2 Å². The van der Waals surface area contributed by atoms with Gasteiger partial charge >= 0.3 is 0 Å². The van der Waals surface area contributed by atoms with E-state index in [9.17, 15) is 4.79 Å². The summed E-state index contributed by atoms with van der Waals surface area (Å²) in [6.45, 7) is 7.10. The summed E-state index contributed by atoms with van der Waals surface area (Å²) in [5, 5.41) is 4.38. The van der Waals surface area contributed by atoms with Gasteiger partial charge in [-0.25, -0.2) is 10.4 Å². The van der Waals surface area contributed by atoms with Crippen LogP contribution in [0.3, 0.4) is 0 Å². The fraction of sp³-hybridized carbons (Fsp3) is 0.450. The van der Waals surface area contributed by atoms with Gasteiger partial charge in [0.2, 0.25) is 5.95 Å². The van der Waals surface area contributed by atoms with Crippen molar-refractivity contribution in [3.8, 4) is 5.75 Å². The number of benzene rings is 1. The second-order valence-electron chi connectivity index (χ2n) is 7.06. The van der Waals surface area contributed by atoms with Gasteiger partial charge in [0.25, 0.3) is 5.56 Å². The maximum atomic E-state index is 11.5. The smallest absolute Gasteiger partial charge is 0.252 e. The molecule has 27 heavy (non-hydrogen) atoms. The number of aromatic amines is 1. The van der Waals surface area contributed by atoms with Crippen molar-refractivity contribution < 1.29 is 9.64 Å². The molecule has 7 heteroatoms. The number of rotatable bonds is 6. The highest BCUT2D eigenvalue weighted by molar-refractivity contribution is 5.99. The molecule has 2 heterocycles. The highest BCUT2D eigenvalue weighted by atomic mass is 16.5. The van der Waals surface area contributed by atoms with Crippen molar-refractivity contribution in [3.63, 3.8) is 0 Å². The molecule has 1 aliphatic rings. The van der Waals surface area contributed by atoms with Crippen LogP contribution in [0.5, 0.6) is 5.75 Å². The average Bonchev–Trinajstić information content (AvgIpc) is 2.66. The predicted octanol–water partition coefficient (Wildman–Crippen LogP) is 1.49. The molecule has 1 fully saturated rings. The molecule has 1 aromatic carbocycles. The van der Waals surface area contributed by atoms with Crippen LogP contribution in [-0.4, -0.2) is 35.9 Å². The molecule has 0 spiro atoms. The van der Waals surface area contributed by atoms with Crippen LogP contribution in [0.4, 0.5) is 5.95 Å². The Labute approximate surface area is 159 Å². The summed E-state index contributed by atoms with van der Waals surface area (Å²) < 4.78 is 5.56. The van der Waals surface area contributed by atoms with E-state index in [4.69, 9.17) is 4.74 Å². The molecule has 1 aliphatic heterocycles. The second-order valence-corrected chi connectivity index (χ2v) is 7.06. The number of aryl methyl sites for hydroxylation is 1. The zero-order valence-corrected chi connectivity index (χ0v) is 16.3. The molecule has 3 rings (SSSR count). The topological polar surface area (TPSA) is 83.8 Å². The van der Waals surface area contributed by atoms with Crippen molar-refractivity contribution in [3.05, 3.63) is 51.4 Å². The molecule has 0 radical (unpaired) electrons. The molecule has 0 atom stereocenters. The first-order valence-corrected chi connectivity index (χ1v) is 9.44. The lowest BCUT2D eigenvalue weighted by atomic mass is 10.0. The third kappa shape index (κ3) is 5.17. The van der Waals surface area contributed by atoms with E-state index >= 15 is 0 Å². The number of hydrazone groups is 1. The fourth-order valence-corrected chi connectivity index (χ4v) is 3.47. The lowest BCUT2D eigenvalue weighted by molar-refractivity contribution is -0.918. The lowest BCUT2D eigenvalue weighted by Gasteiger charge is -2.24. The van der Waals surface area contributed by atoms with Crippen molar-refractivity contribution in [2.24, 2.45) is 5.10 Å². The highest BCUT2D eigenvalue weighted by Gasteiger charge is 2.17. The predicted molar refractivity (Wildman–Crippen MR) is 107 cm³/mol. The lowest BCUT2D eigenvalue weighted by Crippen LogP contribution is -3.11. The van der Waals surface area contributed by atoms with Gasteiger partial charge in [-0.3, -0.25) is 9.78 Å². The van der Waals surface area contributed by atoms with Crippen LogP contribution in [-0.2, 0) is 6.54 Å². The first-order chi connectivity index (χ1) is 13.0. The van der Waals surface area contributed by atoms with Crippen molar-refractivity contribution >= 4 is 11.7 Å². The van der Waals surface area contributed by atoms with Gasteiger partial charge in [0, 0.05) is 17.3 Å². The van der Waals surface area contributed by atoms with E-state index in [0.717, 1.165) is 23.6 Å². The standard InChI is InChI=1S/C20H27N5O2/c1-14-11-19(26)22-20(21-14)24-23-15(2)16-7-8-18(27-3)17(12-16)13-25-9-5-4-6-10-25/h7-8,11-12H,4-6,9-10,13H2,1-3H3,(H2,21,22,24,26)/p+1/b23-15-. The number of aromatic nitrogens is 2. The molecule has 0 aliphatic carbocycles. The van der Waals surface area contributed by atoms with Crippen molar-refractivity contribution in [2.75, 3.05) is 25.6 Å². The number of hydrogen-bond acceptors (Lipinski definition) is 5. The molecule has 1 saturated heterocycles. The van der Waals surface area contributed by atoms with Crippen LogP contribution < -0.4 is 20.6 Å². The maximum absolute atomic E-state index is 11.5. The molecule has 0 bridgehead atoms. The number of quaternary nitrogens is 1. The number of likely N-dealkylation sites (tertiary alicyclic amines) is 1. The fourth-order valence-electron chi connectivity index (χ4n) is 3.47. The molecule has 0 saturated carbocycles. The Morgan fingerprint density at radius 1 is 1.30 bits per heavy atom. The molecule has 0 unspecified atom stereocenters. The zero-order valence-electron chi connectivity index (χ0n) is 16.3. The van der Waals surface area contributed by atoms with Crippen LogP contribution >= 0.6 is 0 Å². The molecular weight excluding hydrogens is 342 g/mol. The normalized spacial score (nSPS) is 15.6. The largest absolute Gasteiger partial charge is 0.496 e. The molecule has 0 amide bonds. The van der Waals surface area contributed by atoms with Gasteiger partial charge in [0.15, 0.2) is 0 Å². The molecule has 3 N–H and O–H groups in total. The third-order valence-corrected chi connectivity index (χ3v) is 4.90. The molecule has 7 nitrogen and oxygen atoms in total. The van der Waals surface area contributed by atoms with E-state index in [1.54, 1.807) is 18.9 Å².